The van der Waals surface area contributed by atoms with Gasteiger partial charge in [-0.2, -0.15) is 0 Å². The van der Waals surface area contributed by atoms with Gasteiger partial charge in [-0.1, -0.05) is 19.4 Å². The monoisotopic (exact) mass is 306 g/mol. The molecule has 0 radical (unpaired) electrons. The summed E-state index contributed by atoms with van der Waals surface area (Å²) in [5, 5.41) is 16.1. The van der Waals surface area contributed by atoms with Crippen LogP contribution < -0.4 is 15.4 Å². The number of hydrogen-bond donors (Lipinski definition) is 3. The SMILES string of the molecule is CCCCNCC(O)COc1cccc2c1CCCC(=O)N2. The first-order valence-corrected chi connectivity index (χ1v) is 8.14. The molecule has 1 atom stereocenters. The highest BCUT2D eigenvalue weighted by atomic mass is 16.5. The fraction of sp³-hybridized carbons (Fsp3) is 0.588. The average Bonchev–Trinajstić information content (AvgIpc) is 2.70. The van der Waals surface area contributed by atoms with Gasteiger partial charge in [-0.25, -0.2) is 0 Å². The van der Waals surface area contributed by atoms with Gasteiger partial charge >= 0.3 is 0 Å². The molecule has 0 aromatic heterocycles. The van der Waals surface area contributed by atoms with Crippen LogP contribution in [0.5, 0.6) is 5.75 Å². The Morgan fingerprint density at radius 1 is 1.41 bits per heavy atom. The van der Waals surface area contributed by atoms with Gasteiger partial charge in [-0.05, 0) is 37.9 Å². The van der Waals surface area contributed by atoms with Crippen LogP contribution in [0.1, 0.15) is 38.2 Å². The van der Waals surface area contributed by atoms with Crippen molar-refractivity contribution < 1.29 is 14.6 Å². The van der Waals surface area contributed by atoms with E-state index in [0.29, 0.717) is 13.0 Å². The molecule has 2 rings (SSSR count). The maximum atomic E-state index is 11.6. The molecule has 22 heavy (non-hydrogen) atoms. The van der Waals surface area contributed by atoms with Gasteiger partial charge in [-0.3, -0.25) is 4.79 Å². The van der Waals surface area contributed by atoms with Gasteiger partial charge in [0.05, 0.1) is 0 Å². The molecule has 122 valence electrons. The number of anilines is 1. The second-order valence-electron chi connectivity index (χ2n) is 5.71. The van der Waals surface area contributed by atoms with Gasteiger partial charge in [0.2, 0.25) is 5.91 Å². The third-order valence-corrected chi connectivity index (χ3v) is 3.76. The van der Waals surface area contributed by atoms with Crippen LogP contribution in [-0.4, -0.2) is 36.8 Å². The molecule has 1 aliphatic heterocycles. The van der Waals surface area contributed by atoms with Crippen molar-refractivity contribution in [1.29, 1.82) is 0 Å². The zero-order valence-electron chi connectivity index (χ0n) is 13.2. The largest absolute Gasteiger partial charge is 0.490 e. The smallest absolute Gasteiger partial charge is 0.224 e. The van der Waals surface area contributed by atoms with E-state index in [1.54, 1.807) is 0 Å². The molecule has 5 heteroatoms. The van der Waals surface area contributed by atoms with Crippen LogP contribution in [0.3, 0.4) is 0 Å². The van der Waals surface area contributed by atoms with Crippen molar-refractivity contribution in [3.8, 4) is 5.75 Å². The van der Waals surface area contributed by atoms with Gasteiger partial charge in [0.1, 0.15) is 18.5 Å². The van der Waals surface area contributed by atoms with E-state index in [1.807, 2.05) is 18.2 Å². The molecule has 0 saturated heterocycles. The van der Waals surface area contributed by atoms with Gasteiger partial charge in [0, 0.05) is 24.2 Å². The van der Waals surface area contributed by atoms with Crippen molar-refractivity contribution in [2.45, 2.75) is 45.1 Å². The quantitative estimate of drug-likeness (QED) is 0.643. The van der Waals surface area contributed by atoms with Crippen molar-refractivity contribution in [2.75, 3.05) is 25.0 Å². The Hall–Kier alpha value is -1.59. The van der Waals surface area contributed by atoms with E-state index in [-0.39, 0.29) is 12.5 Å². The van der Waals surface area contributed by atoms with E-state index < -0.39 is 6.10 Å². The van der Waals surface area contributed by atoms with Crippen molar-refractivity contribution in [3.05, 3.63) is 23.8 Å². The Kier molecular flexibility index (Phi) is 6.68. The standard InChI is InChI=1S/C17H26N2O3/c1-2-3-10-18-11-13(20)12-22-16-8-5-7-15-14(16)6-4-9-17(21)19-15/h5,7-8,13,18,20H,2-4,6,9-12H2,1H3,(H,19,21). The molecule has 5 nitrogen and oxygen atoms in total. The fourth-order valence-corrected chi connectivity index (χ4v) is 2.53. The maximum Gasteiger partial charge on any atom is 0.224 e. The number of aliphatic hydroxyl groups is 1. The van der Waals surface area contributed by atoms with E-state index >= 15 is 0 Å². The first-order valence-electron chi connectivity index (χ1n) is 8.14. The summed E-state index contributed by atoms with van der Waals surface area (Å²) >= 11 is 0. The maximum absolute atomic E-state index is 11.6. The van der Waals surface area contributed by atoms with Crippen molar-refractivity contribution >= 4 is 11.6 Å². The predicted octanol–water partition coefficient (Wildman–Crippen LogP) is 2.09. The van der Waals surface area contributed by atoms with Crippen LogP contribution in [0.15, 0.2) is 18.2 Å². The topological polar surface area (TPSA) is 70.6 Å². The van der Waals surface area contributed by atoms with Crippen molar-refractivity contribution in [2.24, 2.45) is 0 Å². The second kappa shape index (κ2) is 8.76. The number of benzene rings is 1. The molecule has 3 N–H and O–H groups in total. The summed E-state index contributed by atoms with van der Waals surface area (Å²) in [6, 6.07) is 5.66. The van der Waals surface area contributed by atoms with Gasteiger partial charge in [-0.15, -0.1) is 0 Å². The molecule has 0 aliphatic carbocycles. The molecule has 0 bridgehead atoms. The Morgan fingerprint density at radius 2 is 2.27 bits per heavy atom. The van der Waals surface area contributed by atoms with Crippen molar-refractivity contribution in [3.63, 3.8) is 0 Å². The zero-order chi connectivity index (χ0) is 15.8. The zero-order valence-corrected chi connectivity index (χ0v) is 13.2. The summed E-state index contributed by atoms with van der Waals surface area (Å²) in [6.45, 7) is 3.84. The Labute approximate surface area is 132 Å². The minimum Gasteiger partial charge on any atom is -0.490 e. The second-order valence-corrected chi connectivity index (χ2v) is 5.71. The lowest BCUT2D eigenvalue weighted by molar-refractivity contribution is -0.116. The minimum absolute atomic E-state index is 0.0519. The average molecular weight is 306 g/mol. The Bertz CT molecular complexity index is 491. The first kappa shape index (κ1) is 16.8. The van der Waals surface area contributed by atoms with E-state index in [9.17, 15) is 9.90 Å². The summed E-state index contributed by atoms with van der Waals surface area (Å²) in [7, 11) is 0. The highest BCUT2D eigenvalue weighted by Crippen LogP contribution is 2.30. The number of rotatable bonds is 8. The van der Waals surface area contributed by atoms with Gasteiger partial charge in [0.25, 0.3) is 0 Å². The summed E-state index contributed by atoms with van der Waals surface area (Å²) in [5.41, 5.74) is 1.86. The number of amides is 1. The van der Waals surface area contributed by atoms with E-state index in [4.69, 9.17) is 4.74 Å². The van der Waals surface area contributed by atoms with E-state index in [2.05, 4.69) is 17.6 Å². The molecule has 1 aromatic rings. The first-order chi connectivity index (χ1) is 10.7. The number of carbonyl (C=O) groups excluding carboxylic acids is 1. The summed E-state index contributed by atoms with van der Waals surface area (Å²) in [5.74, 6) is 0.809. The molecule has 0 saturated carbocycles. The highest BCUT2D eigenvalue weighted by Gasteiger charge is 2.17. The van der Waals surface area contributed by atoms with E-state index in [1.165, 1.54) is 0 Å². The number of carbonyl (C=O) groups is 1. The lowest BCUT2D eigenvalue weighted by Gasteiger charge is -2.16. The Morgan fingerprint density at radius 3 is 3.09 bits per heavy atom. The fourth-order valence-electron chi connectivity index (χ4n) is 2.53. The molecule has 1 aliphatic rings. The van der Waals surface area contributed by atoms with Crippen LogP contribution in [0, 0.1) is 0 Å². The lowest BCUT2D eigenvalue weighted by Crippen LogP contribution is -2.32. The molecular weight excluding hydrogens is 280 g/mol. The summed E-state index contributed by atoms with van der Waals surface area (Å²) in [6.07, 6.45) is 3.89. The normalized spacial score (nSPS) is 15.6. The molecule has 1 aromatic carbocycles. The third kappa shape index (κ3) is 5.00. The number of ether oxygens (including phenoxy) is 1. The van der Waals surface area contributed by atoms with Crippen LogP contribution in [0.2, 0.25) is 0 Å². The number of unbranched alkanes of at least 4 members (excludes halogenated alkanes) is 1. The molecular formula is C17H26N2O3. The van der Waals surface area contributed by atoms with Crippen molar-refractivity contribution in [1.82, 2.24) is 5.32 Å². The summed E-state index contributed by atoms with van der Waals surface area (Å²) < 4.78 is 5.77. The third-order valence-electron chi connectivity index (χ3n) is 3.76. The van der Waals surface area contributed by atoms with Crippen LogP contribution in [0.25, 0.3) is 0 Å². The van der Waals surface area contributed by atoms with E-state index in [0.717, 1.165) is 49.2 Å². The van der Waals surface area contributed by atoms with Crippen LogP contribution in [0.4, 0.5) is 5.69 Å². The lowest BCUT2D eigenvalue weighted by atomic mass is 10.1. The minimum atomic E-state index is -0.534. The van der Waals surface area contributed by atoms with Gasteiger partial charge < -0.3 is 20.5 Å². The highest BCUT2D eigenvalue weighted by molar-refractivity contribution is 5.92. The summed E-state index contributed by atoms with van der Waals surface area (Å²) in [4.78, 5) is 11.6. The molecule has 0 fully saturated rings. The number of fused-ring (bicyclic) bond motifs is 1. The predicted molar refractivity (Wildman–Crippen MR) is 87.3 cm³/mol. The molecule has 0 spiro atoms. The Balaban J connectivity index is 1.88. The van der Waals surface area contributed by atoms with Gasteiger partial charge in [0.15, 0.2) is 0 Å². The van der Waals surface area contributed by atoms with Crippen LogP contribution in [-0.2, 0) is 11.2 Å². The number of nitrogens with one attached hydrogen (secondary N) is 2. The molecule has 1 heterocycles. The number of hydrogen-bond acceptors (Lipinski definition) is 4. The number of aliphatic hydroxyl groups excluding tert-OH is 1. The van der Waals surface area contributed by atoms with Crippen LogP contribution >= 0.6 is 0 Å². The molecule has 1 amide bonds. The molecule has 1 unspecified atom stereocenters.